The quantitative estimate of drug-likeness (QED) is 0.583. The van der Waals surface area contributed by atoms with Crippen LogP contribution in [0.2, 0.25) is 0 Å². The largest absolute Gasteiger partial charge is 0.367 e. The Bertz CT molecular complexity index is 1020. The minimum absolute atomic E-state index is 0.0103. The SMILES string of the molecule is CCN1CCC(c2ccc(C(N)=O)c([C@@H](C(=O)N3C[C@H](SC)[C@H]4OCC(=O)[C@H]43)C3CCCCC3)c2)CC1. The third kappa shape index (κ3) is 5.21. The summed E-state index contributed by atoms with van der Waals surface area (Å²) >= 11 is 1.66. The molecule has 7 nitrogen and oxygen atoms in total. The van der Waals surface area contributed by atoms with Crippen molar-refractivity contribution in [3.8, 4) is 0 Å². The van der Waals surface area contributed by atoms with Crippen molar-refractivity contribution >= 4 is 29.4 Å². The molecule has 4 aliphatic rings. The Labute approximate surface area is 224 Å². The third-order valence-corrected chi connectivity index (χ3v) is 10.3. The van der Waals surface area contributed by atoms with Crippen LogP contribution >= 0.6 is 11.8 Å². The minimum Gasteiger partial charge on any atom is -0.367 e. The van der Waals surface area contributed by atoms with Gasteiger partial charge in [-0.1, -0.05) is 38.3 Å². The molecular formula is C29H41N3O4S. The van der Waals surface area contributed by atoms with Gasteiger partial charge in [0.1, 0.15) is 12.6 Å². The number of ether oxygens (including phenoxy) is 1. The van der Waals surface area contributed by atoms with Crippen molar-refractivity contribution < 1.29 is 19.1 Å². The van der Waals surface area contributed by atoms with Gasteiger partial charge in [-0.15, -0.1) is 0 Å². The van der Waals surface area contributed by atoms with Crippen LogP contribution < -0.4 is 5.73 Å². The molecule has 3 aliphatic heterocycles. The van der Waals surface area contributed by atoms with E-state index in [1.165, 1.54) is 12.0 Å². The molecule has 5 rings (SSSR count). The van der Waals surface area contributed by atoms with Crippen LogP contribution in [0.5, 0.6) is 0 Å². The van der Waals surface area contributed by atoms with Crippen molar-refractivity contribution in [2.75, 3.05) is 39.0 Å². The lowest BCUT2D eigenvalue weighted by molar-refractivity contribution is -0.139. The summed E-state index contributed by atoms with van der Waals surface area (Å²) in [5.74, 6) is -0.444. The van der Waals surface area contributed by atoms with Crippen LogP contribution in [0.3, 0.4) is 0 Å². The maximum Gasteiger partial charge on any atom is 0.249 e. The van der Waals surface area contributed by atoms with Gasteiger partial charge in [0.2, 0.25) is 11.8 Å². The Kier molecular flexibility index (Phi) is 8.27. The zero-order valence-electron chi connectivity index (χ0n) is 22.2. The monoisotopic (exact) mass is 527 g/mol. The fraction of sp³-hybridized carbons (Fsp3) is 0.690. The molecule has 0 unspecified atom stereocenters. The van der Waals surface area contributed by atoms with E-state index in [2.05, 4.69) is 17.9 Å². The Morgan fingerprint density at radius 1 is 1.14 bits per heavy atom. The summed E-state index contributed by atoms with van der Waals surface area (Å²) in [4.78, 5) is 44.3. The van der Waals surface area contributed by atoms with E-state index in [1.54, 1.807) is 16.7 Å². The minimum atomic E-state index is -0.519. The number of rotatable bonds is 7. The lowest BCUT2D eigenvalue weighted by atomic mass is 9.73. The summed E-state index contributed by atoms with van der Waals surface area (Å²) in [5.41, 5.74) is 8.33. The van der Waals surface area contributed by atoms with Gasteiger partial charge >= 0.3 is 0 Å². The predicted octanol–water partition coefficient (Wildman–Crippen LogP) is 3.56. The molecule has 4 fully saturated rings. The third-order valence-electron chi connectivity index (χ3n) is 9.29. The van der Waals surface area contributed by atoms with Crippen LogP contribution in [0.4, 0.5) is 0 Å². The number of carbonyl (C=O) groups excluding carboxylic acids is 3. The summed E-state index contributed by atoms with van der Waals surface area (Å²) in [6.07, 6.45) is 9.14. The number of amides is 2. The topological polar surface area (TPSA) is 92.9 Å². The molecule has 37 heavy (non-hydrogen) atoms. The number of fused-ring (bicyclic) bond motifs is 1. The van der Waals surface area contributed by atoms with E-state index >= 15 is 0 Å². The molecule has 0 bridgehead atoms. The summed E-state index contributed by atoms with van der Waals surface area (Å²) in [7, 11) is 0. The number of Topliss-reactive ketones (excluding diaryl/α,β-unsaturated/α-hetero) is 1. The summed E-state index contributed by atoms with van der Waals surface area (Å²) in [6.45, 7) is 5.97. The van der Waals surface area contributed by atoms with Gasteiger partial charge in [0, 0.05) is 12.1 Å². The van der Waals surface area contributed by atoms with Gasteiger partial charge in [-0.05, 0) is 80.6 Å². The molecular weight excluding hydrogens is 486 g/mol. The number of likely N-dealkylation sites (tertiary alicyclic amines) is 2. The maximum atomic E-state index is 14.5. The Morgan fingerprint density at radius 2 is 1.86 bits per heavy atom. The van der Waals surface area contributed by atoms with E-state index in [-0.39, 0.29) is 35.6 Å². The van der Waals surface area contributed by atoms with Gasteiger partial charge in [0.05, 0.1) is 17.3 Å². The zero-order chi connectivity index (χ0) is 26.1. The maximum absolute atomic E-state index is 14.5. The Morgan fingerprint density at radius 3 is 2.51 bits per heavy atom. The van der Waals surface area contributed by atoms with Crippen molar-refractivity contribution in [1.29, 1.82) is 0 Å². The first-order chi connectivity index (χ1) is 17.9. The Balaban J connectivity index is 1.53. The van der Waals surface area contributed by atoms with Crippen LogP contribution in [-0.4, -0.2) is 83.8 Å². The lowest BCUT2D eigenvalue weighted by Gasteiger charge is -2.36. The van der Waals surface area contributed by atoms with Gasteiger partial charge in [-0.3, -0.25) is 14.4 Å². The second-order valence-electron chi connectivity index (χ2n) is 11.2. The highest BCUT2D eigenvalue weighted by molar-refractivity contribution is 7.99. The molecule has 1 saturated carbocycles. The number of carbonyl (C=O) groups is 3. The highest BCUT2D eigenvalue weighted by atomic mass is 32.2. The molecule has 3 saturated heterocycles. The summed E-state index contributed by atoms with van der Waals surface area (Å²) < 4.78 is 5.84. The van der Waals surface area contributed by atoms with Gasteiger partial charge < -0.3 is 20.3 Å². The number of thioether (sulfide) groups is 1. The molecule has 0 aromatic heterocycles. The zero-order valence-corrected chi connectivity index (χ0v) is 23.0. The van der Waals surface area contributed by atoms with E-state index in [0.717, 1.165) is 63.7 Å². The fourth-order valence-corrected chi connectivity index (χ4v) is 7.99. The number of benzene rings is 1. The van der Waals surface area contributed by atoms with Crippen molar-refractivity contribution in [2.24, 2.45) is 11.7 Å². The number of piperidine rings is 1. The van der Waals surface area contributed by atoms with E-state index in [0.29, 0.717) is 18.0 Å². The van der Waals surface area contributed by atoms with Gasteiger partial charge in [0.15, 0.2) is 5.78 Å². The average Bonchev–Trinajstić information content (AvgIpc) is 3.49. The van der Waals surface area contributed by atoms with Crippen LogP contribution in [0.25, 0.3) is 0 Å². The normalized spacial score (nSPS) is 28.4. The molecule has 202 valence electrons. The first-order valence-corrected chi connectivity index (χ1v) is 15.3. The van der Waals surface area contributed by atoms with Gasteiger partial charge in [-0.25, -0.2) is 0 Å². The van der Waals surface area contributed by atoms with Crippen molar-refractivity contribution in [1.82, 2.24) is 9.80 Å². The van der Waals surface area contributed by atoms with Crippen LogP contribution in [0.1, 0.15) is 85.2 Å². The molecule has 0 spiro atoms. The highest BCUT2D eigenvalue weighted by Crippen LogP contribution is 2.43. The molecule has 8 heteroatoms. The first-order valence-electron chi connectivity index (χ1n) is 14.1. The molecule has 3 heterocycles. The number of primary amides is 1. The molecule has 1 aromatic carbocycles. The molecule has 2 N–H and O–H groups in total. The van der Waals surface area contributed by atoms with E-state index < -0.39 is 17.9 Å². The fourth-order valence-electron chi connectivity index (χ4n) is 7.18. The molecule has 0 radical (unpaired) electrons. The highest BCUT2D eigenvalue weighted by Gasteiger charge is 2.53. The Hall–Kier alpha value is -1.90. The number of nitrogens with two attached hydrogens (primary N) is 1. The average molecular weight is 528 g/mol. The molecule has 4 atom stereocenters. The van der Waals surface area contributed by atoms with Gasteiger partial charge in [-0.2, -0.15) is 11.8 Å². The number of nitrogens with zero attached hydrogens (tertiary/aromatic N) is 2. The van der Waals surface area contributed by atoms with Crippen LogP contribution in [-0.2, 0) is 14.3 Å². The van der Waals surface area contributed by atoms with Gasteiger partial charge in [0.25, 0.3) is 0 Å². The van der Waals surface area contributed by atoms with Crippen molar-refractivity contribution in [2.45, 2.75) is 81.1 Å². The van der Waals surface area contributed by atoms with E-state index in [1.807, 2.05) is 18.4 Å². The predicted molar refractivity (Wildman–Crippen MR) is 146 cm³/mol. The number of hydrogen-bond donors (Lipinski definition) is 1. The first kappa shape index (κ1) is 26.7. The molecule has 1 aliphatic carbocycles. The van der Waals surface area contributed by atoms with Crippen molar-refractivity contribution in [3.63, 3.8) is 0 Å². The summed E-state index contributed by atoms with van der Waals surface area (Å²) in [6, 6.07) is 5.50. The molecule has 1 aromatic rings. The lowest BCUT2D eigenvalue weighted by Crippen LogP contribution is -2.46. The van der Waals surface area contributed by atoms with Crippen molar-refractivity contribution in [3.05, 3.63) is 34.9 Å². The van der Waals surface area contributed by atoms with Crippen LogP contribution in [0, 0.1) is 5.92 Å². The summed E-state index contributed by atoms with van der Waals surface area (Å²) in [5, 5.41) is 0.0816. The number of ketones is 1. The smallest absolute Gasteiger partial charge is 0.249 e. The second kappa shape index (κ2) is 11.5. The van der Waals surface area contributed by atoms with Crippen LogP contribution in [0.15, 0.2) is 18.2 Å². The molecule has 2 amide bonds. The van der Waals surface area contributed by atoms with E-state index in [9.17, 15) is 14.4 Å². The standard InChI is InChI=1S/C29H41N3O4S/c1-3-31-13-11-18(12-14-31)20-9-10-21(28(30)34)22(15-20)25(19-7-5-4-6-8-19)29(35)32-16-24(37-2)27-26(32)23(33)17-36-27/h9-10,15,18-19,24-27H,3-8,11-14,16-17H2,1-2H3,(H2,30,34)/t24-,25-,26+,27+/m0/s1. The van der Waals surface area contributed by atoms with E-state index in [4.69, 9.17) is 10.5 Å². The number of hydrogen-bond acceptors (Lipinski definition) is 6. The second-order valence-corrected chi connectivity index (χ2v) is 12.3.